The van der Waals surface area contributed by atoms with E-state index in [4.69, 9.17) is 17.3 Å². The molecule has 0 spiro atoms. The summed E-state index contributed by atoms with van der Waals surface area (Å²) in [6.07, 6.45) is 4.04. The molecule has 2 heterocycles. The third kappa shape index (κ3) is 4.38. The number of rotatable bonds is 6. The van der Waals surface area contributed by atoms with E-state index in [1.807, 2.05) is 30.3 Å². The van der Waals surface area contributed by atoms with Gasteiger partial charge in [-0.3, -0.25) is 4.79 Å². The van der Waals surface area contributed by atoms with Crippen molar-refractivity contribution in [1.29, 1.82) is 5.26 Å². The minimum Gasteiger partial charge on any atom is -0.368 e. The molecule has 4 rings (SSSR count). The van der Waals surface area contributed by atoms with Crippen molar-refractivity contribution < 1.29 is 4.79 Å². The smallest absolute Gasteiger partial charge is 0.235 e. The van der Waals surface area contributed by atoms with Gasteiger partial charge in [0.15, 0.2) is 0 Å². The van der Waals surface area contributed by atoms with Crippen LogP contribution in [0.3, 0.4) is 0 Å². The highest BCUT2D eigenvalue weighted by molar-refractivity contribution is 8.00. The van der Waals surface area contributed by atoms with Crippen LogP contribution in [-0.4, -0.2) is 24.0 Å². The molecular formula is C24H25N5OS. The Morgan fingerprint density at radius 3 is 2.52 bits per heavy atom. The molecule has 31 heavy (non-hydrogen) atoms. The second-order valence-electron chi connectivity index (χ2n) is 8.36. The minimum absolute atomic E-state index is 0.215. The molecule has 158 valence electrons. The summed E-state index contributed by atoms with van der Waals surface area (Å²) in [6.45, 7) is 11.8. The highest BCUT2D eigenvalue weighted by Gasteiger charge is 2.35. The van der Waals surface area contributed by atoms with E-state index >= 15 is 0 Å². The number of nitrogens with zero attached hydrogens (tertiary/aromatic N) is 4. The molecule has 1 aromatic heterocycles. The summed E-state index contributed by atoms with van der Waals surface area (Å²) in [5, 5.41) is 9.86. The molecule has 1 atom stereocenters. The van der Waals surface area contributed by atoms with Gasteiger partial charge in [-0.05, 0) is 48.6 Å². The van der Waals surface area contributed by atoms with Gasteiger partial charge in [-0.25, -0.2) is 9.83 Å². The molecule has 7 heteroatoms. The predicted molar refractivity (Wildman–Crippen MR) is 122 cm³/mol. The van der Waals surface area contributed by atoms with Gasteiger partial charge in [0, 0.05) is 13.1 Å². The summed E-state index contributed by atoms with van der Waals surface area (Å²) >= 11 is 1.22. The quantitative estimate of drug-likeness (QED) is 0.517. The number of hydrogen-bond acceptors (Lipinski definition) is 5. The average Bonchev–Trinajstić information content (AvgIpc) is 3.62. The van der Waals surface area contributed by atoms with E-state index in [-0.39, 0.29) is 5.92 Å². The standard InChI is InChI=1S/C24H25N5OS/c1-15-10-12-29(13-11-15)23-20(27-2)19(16-8-9-16)18(14-25)24(28-23)31-21(22(26)30)17-6-4-3-5-7-17/h3-7,15-16,21H,8-13H2,1H3,(H2,26,30). The van der Waals surface area contributed by atoms with Crippen molar-refractivity contribution >= 4 is 29.2 Å². The van der Waals surface area contributed by atoms with Crippen molar-refractivity contribution in [1.82, 2.24) is 4.98 Å². The van der Waals surface area contributed by atoms with Gasteiger partial charge in [0.25, 0.3) is 0 Å². The van der Waals surface area contributed by atoms with Crippen molar-refractivity contribution in [3.63, 3.8) is 0 Å². The lowest BCUT2D eigenvalue weighted by atomic mass is 9.98. The number of nitrogens with two attached hydrogens (primary N) is 1. The molecule has 0 radical (unpaired) electrons. The van der Waals surface area contributed by atoms with Gasteiger partial charge in [0.1, 0.15) is 22.2 Å². The zero-order chi connectivity index (χ0) is 22.0. The Balaban J connectivity index is 1.82. The number of hydrogen-bond donors (Lipinski definition) is 1. The van der Waals surface area contributed by atoms with E-state index in [0.717, 1.165) is 49.9 Å². The predicted octanol–water partition coefficient (Wildman–Crippen LogP) is 4.94. The number of benzene rings is 1. The third-order valence-electron chi connectivity index (χ3n) is 6.04. The summed E-state index contributed by atoms with van der Waals surface area (Å²) in [4.78, 5) is 23.2. The van der Waals surface area contributed by atoms with Gasteiger partial charge < -0.3 is 10.6 Å². The fourth-order valence-electron chi connectivity index (χ4n) is 4.10. The van der Waals surface area contributed by atoms with Gasteiger partial charge in [-0.15, -0.1) is 0 Å². The van der Waals surface area contributed by atoms with Crippen LogP contribution in [0.1, 0.15) is 60.5 Å². The Morgan fingerprint density at radius 1 is 1.29 bits per heavy atom. The number of carbonyl (C=O) groups excluding carboxylic acids is 1. The Kier molecular flexibility index (Phi) is 6.15. The SMILES string of the molecule is [C-]#[N+]c1c(N2CCC(C)CC2)nc(SC(C(N)=O)c2ccccc2)c(C#N)c1C1CC1. The largest absolute Gasteiger partial charge is 0.368 e. The molecule has 1 aliphatic heterocycles. The molecule has 1 saturated heterocycles. The van der Waals surface area contributed by atoms with Crippen LogP contribution in [0.25, 0.3) is 4.85 Å². The van der Waals surface area contributed by atoms with Crippen LogP contribution in [-0.2, 0) is 4.79 Å². The van der Waals surface area contributed by atoms with E-state index in [2.05, 4.69) is 22.7 Å². The third-order valence-corrected chi connectivity index (χ3v) is 7.30. The van der Waals surface area contributed by atoms with Gasteiger partial charge >= 0.3 is 0 Å². The number of amides is 1. The number of primary amides is 1. The normalized spacial score (nSPS) is 17.6. The minimum atomic E-state index is -0.652. The first-order chi connectivity index (χ1) is 15.0. The average molecular weight is 432 g/mol. The number of anilines is 1. The molecular weight excluding hydrogens is 406 g/mol. The van der Waals surface area contributed by atoms with Crippen LogP contribution in [0.5, 0.6) is 0 Å². The van der Waals surface area contributed by atoms with Gasteiger partial charge in [0.05, 0.1) is 12.1 Å². The summed E-state index contributed by atoms with van der Waals surface area (Å²) < 4.78 is 0. The van der Waals surface area contributed by atoms with Gasteiger partial charge in [-0.1, -0.05) is 49.0 Å². The second kappa shape index (κ2) is 8.99. The van der Waals surface area contributed by atoms with Gasteiger partial charge in [0.2, 0.25) is 11.6 Å². The number of nitriles is 1. The molecule has 6 nitrogen and oxygen atoms in total. The number of aromatic nitrogens is 1. The zero-order valence-electron chi connectivity index (χ0n) is 17.5. The lowest BCUT2D eigenvalue weighted by Gasteiger charge is -2.33. The maximum Gasteiger partial charge on any atom is 0.235 e. The highest BCUT2D eigenvalue weighted by Crippen LogP contribution is 2.51. The van der Waals surface area contributed by atoms with E-state index in [1.165, 1.54) is 11.8 Å². The van der Waals surface area contributed by atoms with Crippen molar-refractivity contribution in [2.45, 2.75) is 48.8 Å². The lowest BCUT2D eigenvalue weighted by molar-refractivity contribution is -0.117. The summed E-state index contributed by atoms with van der Waals surface area (Å²) in [5.74, 6) is 1.05. The molecule has 0 bridgehead atoms. The summed E-state index contributed by atoms with van der Waals surface area (Å²) in [7, 11) is 0. The Labute approximate surface area is 187 Å². The van der Waals surface area contributed by atoms with Gasteiger partial charge in [-0.2, -0.15) is 5.26 Å². The number of carbonyl (C=O) groups is 1. The van der Waals surface area contributed by atoms with Crippen molar-refractivity contribution in [2.75, 3.05) is 18.0 Å². The van der Waals surface area contributed by atoms with Crippen LogP contribution in [0.15, 0.2) is 35.4 Å². The van der Waals surface area contributed by atoms with Crippen LogP contribution in [0.4, 0.5) is 11.5 Å². The second-order valence-corrected chi connectivity index (χ2v) is 9.45. The van der Waals surface area contributed by atoms with Crippen LogP contribution >= 0.6 is 11.8 Å². The molecule has 1 aliphatic carbocycles. The fraction of sp³-hybridized carbons (Fsp3) is 0.417. The zero-order valence-corrected chi connectivity index (χ0v) is 18.4. The Hall–Kier alpha value is -3.03. The highest BCUT2D eigenvalue weighted by atomic mass is 32.2. The molecule has 1 amide bonds. The number of pyridine rings is 1. The first-order valence-corrected chi connectivity index (χ1v) is 11.5. The fourth-order valence-corrected chi connectivity index (χ4v) is 5.15. The molecule has 2 aromatic rings. The maximum atomic E-state index is 12.3. The van der Waals surface area contributed by atoms with Crippen LogP contribution in [0.2, 0.25) is 0 Å². The lowest BCUT2D eigenvalue weighted by Crippen LogP contribution is -2.33. The van der Waals surface area contributed by atoms with E-state index < -0.39 is 11.2 Å². The summed E-state index contributed by atoms with van der Waals surface area (Å²) in [5.41, 5.74) is 8.26. The molecule has 1 saturated carbocycles. The number of thioether (sulfide) groups is 1. The first-order valence-electron chi connectivity index (χ1n) is 10.6. The van der Waals surface area contributed by atoms with Crippen molar-refractivity contribution in [3.05, 3.63) is 58.4 Å². The van der Waals surface area contributed by atoms with Crippen molar-refractivity contribution in [2.24, 2.45) is 11.7 Å². The first kappa shape index (κ1) is 21.2. The molecule has 1 unspecified atom stereocenters. The number of piperidine rings is 1. The van der Waals surface area contributed by atoms with E-state index in [0.29, 0.717) is 28.0 Å². The molecule has 2 N–H and O–H groups in total. The molecule has 2 fully saturated rings. The van der Waals surface area contributed by atoms with Crippen LogP contribution < -0.4 is 10.6 Å². The Bertz CT molecular complexity index is 1060. The topological polar surface area (TPSA) is 87.4 Å². The molecule has 1 aromatic carbocycles. The molecule has 2 aliphatic rings. The van der Waals surface area contributed by atoms with E-state index in [1.54, 1.807) is 0 Å². The maximum absolute atomic E-state index is 12.3. The summed E-state index contributed by atoms with van der Waals surface area (Å²) in [6, 6.07) is 11.6. The van der Waals surface area contributed by atoms with Crippen molar-refractivity contribution in [3.8, 4) is 6.07 Å². The van der Waals surface area contributed by atoms with E-state index in [9.17, 15) is 10.1 Å². The Morgan fingerprint density at radius 2 is 1.97 bits per heavy atom. The monoisotopic (exact) mass is 431 g/mol. The van der Waals surface area contributed by atoms with Crippen LogP contribution in [0, 0.1) is 23.8 Å².